The van der Waals surface area contributed by atoms with E-state index < -0.39 is 10.0 Å². The van der Waals surface area contributed by atoms with Crippen molar-refractivity contribution < 1.29 is 8.42 Å². The van der Waals surface area contributed by atoms with Gasteiger partial charge in [0.25, 0.3) is 10.0 Å². The summed E-state index contributed by atoms with van der Waals surface area (Å²) in [4.78, 5) is 0. The van der Waals surface area contributed by atoms with E-state index in [1.54, 1.807) is 18.2 Å². The molecule has 0 spiro atoms. The molecule has 102 valence electrons. The molecule has 0 amide bonds. The minimum Gasteiger partial charge on any atom is -0.266 e. The fourth-order valence-electron chi connectivity index (χ4n) is 1.53. The molecule has 0 fully saturated rings. The average molecular weight is 320 g/mol. The molecule has 0 aliphatic rings. The third-order valence-corrected chi connectivity index (χ3v) is 5.02. The maximum atomic E-state index is 12.1. The zero-order chi connectivity index (χ0) is 14.0. The Bertz CT molecular complexity index is 671. The van der Waals surface area contributed by atoms with E-state index in [9.17, 15) is 8.42 Å². The van der Waals surface area contributed by atoms with Crippen molar-refractivity contribution in [2.24, 2.45) is 0 Å². The number of hydrogen-bond donors (Lipinski definition) is 1. The molecule has 2 rings (SSSR count). The number of nitrogens with one attached hydrogen (secondary N) is 1. The molecule has 0 atom stereocenters. The van der Waals surface area contributed by atoms with Gasteiger partial charge >= 0.3 is 0 Å². The molecule has 1 aromatic heterocycles. The van der Waals surface area contributed by atoms with Crippen LogP contribution >= 0.6 is 23.2 Å². The molecule has 0 saturated heterocycles. The topological polar surface area (TPSA) is 66.1 Å². The van der Waals surface area contributed by atoms with Crippen LogP contribution in [0, 0.1) is 0 Å². The van der Waals surface area contributed by atoms with E-state index in [4.69, 9.17) is 23.2 Å². The summed E-state index contributed by atoms with van der Waals surface area (Å²) >= 11 is 11.7. The molecule has 0 saturated carbocycles. The van der Waals surface area contributed by atoms with Crippen molar-refractivity contribution in [2.45, 2.75) is 11.6 Å². The molecule has 1 heterocycles. The molecule has 0 unspecified atom stereocenters. The Balaban J connectivity index is 2.21. The third-order valence-electron chi connectivity index (χ3n) is 2.55. The Morgan fingerprint density at radius 1 is 1.26 bits per heavy atom. The number of sulfonamides is 1. The van der Waals surface area contributed by atoms with Gasteiger partial charge in [-0.25, -0.2) is 8.42 Å². The summed E-state index contributed by atoms with van der Waals surface area (Å²) in [5.41, 5.74) is 0.750. The SMILES string of the molecule is CN(Cc1ccc(Cl)c(Cl)c1)S(=O)(=O)c1ccn[nH]1. The van der Waals surface area contributed by atoms with Gasteiger partial charge in [-0.2, -0.15) is 9.40 Å². The summed E-state index contributed by atoms with van der Waals surface area (Å²) < 4.78 is 25.5. The van der Waals surface area contributed by atoms with E-state index in [0.717, 1.165) is 5.56 Å². The molecule has 19 heavy (non-hydrogen) atoms. The fourth-order valence-corrected chi connectivity index (χ4v) is 2.91. The lowest BCUT2D eigenvalue weighted by Gasteiger charge is -2.16. The quantitative estimate of drug-likeness (QED) is 0.941. The first-order chi connectivity index (χ1) is 8.91. The van der Waals surface area contributed by atoms with Crippen molar-refractivity contribution in [3.63, 3.8) is 0 Å². The van der Waals surface area contributed by atoms with Crippen LogP contribution in [0.5, 0.6) is 0 Å². The van der Waals surface area contributed by atoms with Crippen molar-refractivity contribution in [3.8, 4) is 0 Å². The maximum Gasteiger partial charge on any atom is 0.260 e. The number of hydrogen-bond acceptors (Lipinski definition) is 3. The lowest BCUT2D eigenvalue weighted by atomic mass is 10.2. The van der Waals surface area contributed by atoms with Crippen LogP contribution < -0.4 is 0 Å². The van der Waals surface area contributed by atoms with E-state index in [1.807, 2.05) is 0 Å². The normalized spacial score (nSPS) is 12.0. The van der Waals surface area contributed by atoms with Crippen LogP contribution in [-0.4, -0.2) is 30.0 Å². The second-order valence-corrected chi connectivity index (χ2v) is 6.76. The van der Waals surface area contributed by atoms with Crippen LogP contribution in [0.15, 0.2) is 35.5 Å². The van der Waals surface area contributed by atoms with Gasteiger partial charge in [0.1, 0.15) is 0 Å². The van der Waals surface area contributed by atoms with Gasteiger partial charge in [0.15, 0.2) is 5.03 Å². The van der Waals surface area contributed by atoms with Gasteiger partial charge in [0, 0.05) is 13.6 Å². The molecule has 8 heteroatoms. The highest BCUT2D eigenvalue weighted by Gasteiger charge is 2.22. The van der Waals surface area contributed by atoms with Crippen LogP contribution in [0.3, 0.4) is 0 Å². The van der Waals surface area contributed by atoms with Gasteiger partial charge in [-0.15, -0.1) is 0 Å². The van der Waals surface area contributed by atoms with Gasteiger partial charge in [0.2, 0.25) is 0 Å². The molecule has 1 aromatic carbocycles. The van der Waals surface area contributed by atoms with Crippen molar-refractivity contribution in [2.75, 3.05) is 7.05 Å². The number of nitrogens with zero attached hydrogens (tertiary/aromatic N) is 2. The highest BCUT2D eigenvalue weighted by Crippen LogP contribution is 2.24. The largest absolute Gasteiger partial charge is 0.266 e. The summed E-state index contributed by atoms with van der Waals surface area (Å²) in [5.74, 6) is 0. The molecule has 0 radical (unpaired) electrons. The minimum absolute atomic E-state index is 0.0510. The summed E-state index contributed by atoms with van der Waals surface area (Å²) in [5, 5.41) is 6.95. The highest BCUT2D eigenvalue weighted by atomic mass is 35.5. The van der Waals surface area contributed by atoms with Crippen molar-refractivity contribution in [1.82, 2.24) is 14.5 Å². The maximum absolute atomic E-state index is 12.1. The molecular weight excluding hydrogens is 309 g/mol. The minimum atomic E-state index is -3.58. The number of benzene rings is 1. The Kier molecular flexibility index (Phi) is 4.15. The lowest BCUT2D eigenvalue weighted by Crippen LogP contribution is -2.26. The summed E-state index contributed by atoms with van der Waals surface area (Å²) in [6, 6.07) is 6.41. The van der Waals surface area contributed by atoms with E-state index in [-0.39, 0.29) is 11.6 Å². The first kappa shape index (κ1) is 14.3. The number of halogens is 2. The first-order valence-corrected chi connectivity index (χ1v) is 7.50. The second-order valence-electron chi connectivity index (χ2n) is 3.93. The van der Waals surface area contributed by atoms with Crippen LogP contribution in [0.2, 0.25) is 10.0 Å². The standard InChI is InChI=1S/C11H11Cl2N3O2S/c1-16(19(17,18)11-4-5-14-15-11)7-8-2-3-9(12)10(13)6-8/h2-6H,7H2,1H3,(H,14,15). The van der Waals surface area contributed by atoms with Gasteiger partial charge in [0.05, 0.1) is 16.2 Å². The van der Waals surface area contributed by atoms with Crippen LogP contribution in [0.4, 0.5) is 0 Å². The van der Waals surface area contributed by atoms with E-state index >= 15 is 0 Å². The van der Waals surface area contributed by atoms with Gasteiger partial charge < -0.3 is 0 Å². The van der Waals surface area contributed by atoms with Gasteiger partial charge in [-0.3, -0.25) is 5.10 Å². The molecule has 2 aromatic rings. The van der Waals surface area contributed by atoms with Crippen LogP contribution in [0.1, 0.15) is 5.56 Å². The second kappa shape index (κ2) is 5.50. The summed E-state index contributed by atoms with van der Waals surface area (Å²) in [6.07, 6.45) is 1.39. The zero-order valence-electron chi connectivity index (χ0n) is 9.97. The molecule has 0 aliphatic carbocycles. The van der Waals surface area contributed by atoms with Crippen molar-refractivity contribution in [1.29, 1.82) is 0 Å². The predicted octanol–water partition coefficient (Wildman–Crippen LogP) is 2.54. The van der Waals surface area contributed by atoms with E-state index in [0.29, 0.717) is 10.0 Å². The lowest BCUT2D eigenvalue weighted by molar-refractivity contribution is 0.463. The summed E-state index contributed by atoms with van der Waals surface area (Å²) in [7, 11) is -2.09. The monoisotopic (exact) mass is 319 g/mol. The molecule has 0 aliphatic heterocycles. The molecule has 1 N–H and O–H groups in total. The van der Waals surface area contributed by atoms with E-state index in [1.165, 1.54) is 23.6 Å². The Labute approximate surface area is 121 Å². The summed E-state index contributed by atoms with van der Waals surface area (Å²) in [6.45, 7) is 0.193. The number of aromatic amines is 1. The fraction of sp³-hybridized carbons (Fsp3) is 0.182. The van der Waals surface area contributed by atoms with Crippen LogP contribution in [0.25, 0.3) is 0 Å². The Hall–Kier alpha value is -1.08. The first-order valence-electron chi connectivity index (χ1n) is 5.31. The molecule has 0 bridgehead atoms. The average Bonchev–Trinajstić information content (AvgIpc) is 2.88. The van der Waals surface area contributed by atoms with Gasteiger partial charge in [-0.05, 0) is 23.8 Å². The number of H-pyrrole nitrogens is 1. The van der Waals surface area contributed by atoms with E-state index in [2.05, 4.69) is 10.2 Å². The number of aromatic nitrogens is 2. The smallest absolute Gasteiger partial charge is 0.260 e. The molecular formula is C11H11Cl2N3O2S. The van der Waals surface area contributed by atoms with Crippen molar-refractivity contribution >= 4 is 33.2 Å². The molecule has 5 nitrogen and oxygen atoms in total. The highest BCUT2D eigenvalue weighted by molar-refractivity contribution is 7.89. The predicted molar refractivity (Wildman–Crippen MR) is 73.7 cm³/mol. The van der Waals surface area contributed by atoms with Crippen molar-refractivity contribution in [3.05, 3.63) is 46.1 Å². The Morgan fingerprint density at radius 3 is 2.58 bits per heavy atom. The number of rotatable bonds is 4. The zero-order valence-corrected chi connectivity index (χ0v) is 12.3. The Morgan fingerprint density at radius 2 is 2.00 bits per heavy atom. The van der Waals surface area contributed by atoms with Gasteiger partial charge in [-0.1, -0.05) is 29.3 Å². The van der Waals surface area contributed by atoms with Crippen LogP contribution in [-0.2, 0) is 16.6 Å². The third kappa shape index (κ3) is 3.09.